The normalized spacial score (nSPS) is 26.8. The van der Waals surface area contributed by atoms with E-state index in [4.69, 9.17) is 4.42 Å². The fraction of sp³-hybridized carbons (Fsp3) is 0.500. The number of benzene rings is 1. The zero-order chi connectivity index (χ0) is 23.4. The van der Waals surface area contributed by atoms with Crippen molar-refractivity contribution in [3.8, 4) is 17.0 Å². The van der Waals surface area contributed by atoms with Crippen LogP contribution in [0.15, 0.2) is 34.7 Å². The number of nitrogens with one attached hydrogen (secondary N) is 1. The van der Waals surface area contributed by atoms with Gasteiger partial charge in [0.15, 0.2) is 11.6 Å². The smallest absolute Gasteiger partial charge is 0.286 e. The van der Waals surface area contributed by atoms with Crippen LogP contribution in [0.3, 0.4) is 0 Å². The van der Waals surface area contributed by atoms with Crippen LogP contribution in [0, 0.1) is 10.8 Å². The predicted octanol–water partition coefficient (Wildman–Crippen LogP) is 5.14. The molecule has 174 valence electrons. The van der Waals surface area contributed by atoms with Crippen LogP contribution in [-0.2, 0) is 0 Å². The lowest BCUT2D eigenvalue weighted by Crippen LogP contribution is -2.49. The minimum Gasteiger partial charge on any atom is -0.507 e. The molecule has 7 heteroatoms. The molecule has 1 unspecified atom stereocenters. The van der Waals surface area contributed by atoms with E-state index < -0.39 is 0 Å². The van der Waals surface area contributed by atoms with Gasteiger partial charge >= 0.3 is 0 Å². The van der Waals surface area contributed by atoms with E-state index >= 15 is 0 Å². The van der Waals surface area contributed by atoms with Gasteiger partial charge in [-0.05, 0) is 67.2 Å². The maximum Gasteiger partial charge on any atom is 0.286 e. The zero-order valence-electron chi connectivity index (χ0n) is 19.8. The van der Waals surface area contributed by atoms with Crippen LogP contribution in [-0.4, -0.2) is 41.3 Å². The second-order valence-corrected chi connectivity index (χ2v) is 10.7. The molecule has 7 nitrogen and oxygen atoms in total. The standard InChI is InChI=1S/C26H32N4O3/c1-25-8-5-9-26(2,15-25)14-17(13-25)30(4)23-7-6-19(28-29-23)18-10-16-11-22(24(32)27-3)33-21(16)12-20(18)31/h6-7,10-12,17,31H,5,8-9,13-15H2,1-4H3,(H,27,32)/t17?,25-,26+. The maximum atomic E-state index is 11.9. The molecule has 0 spiro atoms. The molecule has 5 rings (SSSR count). The summed E-state index contributed by atoms with van der Waals surface area (Å²) in [5.74, 6) is 0.777. The van der Waals surface area contributed by atoms with Crippen molar-refractivity contribution in [2.45, 2.75) is 58.4 Å². The Bertz CT molecular complexity index is 1190. The number of fused-ring (bicyclic) bond motifs is 3. The summed E-state index contributed by atoms with van der Waals surface area (Å²) in [4.78, 5) is 14.1. The van der Waals surface area contributed by atoms with Gasteiger partial charge in [-0.1, -0.05) is 20.3 Å². The Kier molecular flexibility index (Phi) is 5.10. The minimum absolute atomic E-state index is 0.0386. The molecular weight excluding hydrogens is 416 g/mol. The van der Waals surface area contributed by atoms with Gasteiger partial charge in [0.05, 0.1) is 5.69 Å². The van der Waals surface area contributed by atoms with Gasteiger partial charge in [0.25, 0.3) is 5.91 Å². The molecule has 2 N–H and O–H groups in total. The SMILES string of the molecule is CNC(=O)c1cc2cc(-c3ccc(N(C)C4C[C@]5(C)CCC[C@](C)(C4)C5)nn3)c(O)cc2o1. The molecule has 2 saturated carbocycles. The lowest BCUT2D eigenvalue weighted by molar-refractivity contribution is 0.0141. The van der Waals surface area contributed by atoms with Crippen LogP contribution in [0.25, 0.3) is 22.2 Å². The van der Waals surface area contributed by atoms with Crippen LogP contribution in [0.2, 0.25) is 0 Å². The van der Waals surface area contributed by atoms with Gasteiger partial charge in [0, 0.05) is 37.2 Å². The van der Waals surface area contributed by atoms with Crippen molar-refractivity contribution in [2.24, 2.45) is 10.8 Å². The van der Waals surface area contributed by atoms with Gasteiger partial charge in [-0.15, -0.1) is 10.2 Å². The van der Waals surface area contributed by atoms with Crippen molar-refractivity contribution in [3.63, 3.8) is 0 Å². The molecule has 1 aromatic carbocycles. The van der Waals surface area contributed by atoms with Crippen molar-refractivity contribution in [1.82, 2.24) is 15.5 Å². The van der Waals surface area contributed by atoms with E-state index in [2.05, 4.69) is 41.3 Å². The summed E-state index contributed by atoms with van der Waals surface area (Å²) < 4.78 is 5.54. The summed E-state index contributed by atoms with van der Waals surface area (Å²) in [6, 6.07) is 9.28. The number of anilines is 1. The van der Waals surface area contributed by atoms with Gasteiger partial charge in [-0.25, -0.2) is 0 Å². The van der Waals surface area contributed by atoms with E-state index in [9.17, 15) is 9.90 Å². The highest BCUT2D eigenvalue weighted by atomic mass is 16.3. The van der Waals surface area contributed by atoms with Crippen LogP contribution in [0.4, 0.5) is 5.82 Å². The molecule has 2 bridgehead atoms. The number of hydrogen-bond acceptors (Lipinski definition) is 6. The molecule has 2 fully saturated rings. The summed E-state index contributed by atoms with van der Waals surface area (Å²) in [5.41, 5.74) is 2.41. The Hall–Kier alpha value is -3.09. The van der Waals surface area contributed by atoms with Gasteiger partial charge in [0.2, 0.25) is 0 Å². The van der Waals surface area contributed by atoms with Crippen molar-refractivity contribution >= 4 is 22.7 Å². The molecule has 3 atom stereocenters. The average molecular weight is 449 g/mol. The van der Waals surface area contributed by atoms with Gasteiger partial charge in [0.1, 0.15) is 11.3 Å². The van der Waals surface area contributed by atoms with E-state index in [1.165, 1.54) is 44.6 Å². The highest BCUT2D eigenvalue weighted by molar-refractivity contribution is 5.97. The Morgan fingerprint density at radius 1 is 1.15 bits per heavy atom. The third-order valence-electron chi connectivity index (χ3n) is 7.79. The lowest BCUT2D eigenvalue weighted by atomic mass is 9.55. The van der Waals surface area contributed by atoms with Gasteiger partial charge in [-0.2, -0.15) is 0 Å². The summed E-state index contributed by atoms with van der Waals surface area (Å²) in [7, 11) is 3.67. The fourth-order valence-electron chi connectivity index (χ4n) is 6.34. The van der Waals surface area contributed by atoms with Crippen LogP contribution < -0.4 is 10.2 Å². The third-order valence-corrected chi connectivity index (χ3v) is 7.79. The number of aromatic nitrogens is 2. The number of aromatic hydroxyl groups is 1. The Labute approximate surface area is 194 Å². The first-order valence-corrected chi connectivity index (χ1v) is 11.7. The predicted molar refractivity (Wildman–Crippen MR) is 128 cm³/mol. The topological polar surface area (TPSA) is 91.5 Å². The number of amides is 1. The zero-order valence-corrected chi connectivity index (χ0v) is 19.8. The number of phenols is 1. The number of carbonyl (C=O) groups is 1. The first kappa shape index (κ1) is 21.7. The number of phenolic OH excluding ortho intramolecular Hbond substituents is 1. The van der Waals surface area contributed by atoms with E-state index in [1.54, 1.807) is 19.2 Å². The van der Waals surface area contributed by atoms with E-state index in [0.717, 1.165) is 11.2 Å². The molecule has 2 aromatic heterocycles. The largest absolute Gasteiger partial charge is 0.507 e. The molecule has 33 heavy (non-hydrogen) atoms. The number of hydrogen-bond donors (Lipinski definition) is 2. The molecule has 2 heterocycles. The van der Waals surface area contributed by atoms with Crippen molar-refractivity contribution in [3.05, 3.63) is 36.1 Å². The molecule has 0 aliphatic heterocycles. The van der Waals surface area contributed by atoms with Gasteiger partial charge in [-0.3, -0.25) is 4.79 Å². The van der Waals surface area contributed by atoms with Gasteiger partial charge < -0.3 is 19.7 Å². The first-order chi connectivity index (χ1) is 15.7. The maximum absolute atomic E-state index is 11.9. The summed E-state index contributed by atoms with van der Waals surface area (Å²) in [6.45, 7) is 4.90. The third kappa shape index (κ3) is 3.94. The van der Waals surface area contributed by atoms with E-state index in [0.29, 0.717) is 33.7 Å². The lowest BCUT2D eigenvalue weighted by Gasteiger charge is -2.54. The monoisotopic (exact) mass is 448 g/mol. The molecule has 2 aliphatic rings. The summed E-state index contributed by atoms with van der Waals surface area (Å²) >= 11 is 0. The van der Waals surface area contributed by atoms with Crippen molar-refractivity contribution in [2.75, 3.05) is 19.0 Å². The highest BCUT2D eigenvalue weighted by Gasteiger charge is 2.47. The number of nitrogens with zero attached hydrogens (tertiary/aromatic N) is 3. The van der Waals surface area contributed by atoms with Crippen LogP contribution in [0.1, 0.15) is 62.9 Å². The number of carbonyl (C=O) groups excluding carboxylic acids is 1. The second kappa shape index (κ2) is 7.75. The van der Waals surface area contributed by atoms with Crippen molar-refractivity contribution < 1.29 is 14.3 Å². The molecular formula is C26H32N4O3. The number of rotatable bonds is 4. The van der Waals surface area contributed by atoms with Crippen LogP contribution in [0.5, 0.6) is 5.75 Å². The van der Waals surface area contributed by atoms with E-state index in [1.807, 2.05) is 12.1 Å². The fourth-order valence-corrected chi connectivity index (χ4v) is 6.34. The Balaban J connectivity index is 1.40. The summed E-state index contributed by atoms with van der Waals surface area (Å²) in [6.07, 6.45) is 7.67. The first-order valence-electron chi connectivity index (χ1n) is 11.7. The molecule has 0 saturated heterocycles. The Morgan fingerprint density at radius 2 is 1.88 bits per heavy atom. The van der Waals surface area contributed by atoms with Crippen molar-refractivity contribution in [1.29, 1.82) is 0 Å². The highest BCUT2D eigenvalue weighted by Crippen LogP contribution is 2.56. The number of furan rings is 1. The van der Waals surface area contributed by atoms with Crippen LogP contribution >= 0.6 is 0 Å². The average Bonchev–Trinajstić information content (AvgIpc) is 3.19. The summed E-state index contributed by atoms with van der Waals surface area (Å²) in [5, 5.41) is 22.8. The quantitative estimate of drug-likeness (QED) is 0.574. The molecule has 2 aliphatic carbocycles. The Morgan fingerprint density at radius 3 is 2.52 bits per heavy atom. The molecule has 0 radical (unpaired) electrons. The second-order valence-electron chi connectivity index (χ2n) is 10.7. The minimum atomic E-state index is -0.311. The molecule has 3 aromatic rings. The molecule has 1 amide bonds. The van der Waals surface area contributed by atoms with E-state index in [-0.39, 0.29) is 17.4 Å².